The smallest absolute Gasteiger partial charge is 0.313 e. The number of methoxy groups -OCH3 is 1. The second-order valence-corrected chi connectivity index (χ2v) is 6.62. The van der Waals surface area contributed by atoms with E-state index >= 15 is 0 Å². The highest BCUT2D eigenvalue weighted by Gasteiger charge is 2.13. The summed E-state index contributed by atoms with van der Waals surface area (Å²) in [4.78, 5) is 1.04. The van der Waals surface area contributed by atoms with Crippen molar-refractivity contribution in [3.8, 4) is 17.2 Å². The molecule has 0 aliphatic heterocycles. The number of thioether (sulfide) groups is 1. The zero-order valence-corrected chi connectivity index (χ0v) is 14.7. The van der Waals surface area contributed by atoms with Gasteiger partial charge in [-0.1, -0.05) is 33.2 Å². The maximum absolute atomic E-state index is 5.52. The van der Waals surface area contributed by atoms with E-state index in [1.807, 2.05) is 36.4 Å². The number of hydrogen-bond acceptors (Lipinski definition) is 6. The largest absolute Gasteiger partial charge is 0.496 e. The van der Waals surface area contributed by atoms with Gasteiger partial charge in [0.2, 0.25) is 0 Å². The number of anilines is 1. The molecule has 5 nitrogen and oxygen atoms in total. The van der Waals surface area contributed by atoms with Crippen molar-refractivity contribution < 1.29 is 9.15 Å². The summed E-state index contributed by atoms with van der Waals surface area (Å²) in [5, 5.41) is 7.68. The van der Waals surface area contributed by atoms with Gasteiger partial charge in [-0.3, -0.25) is 0 Å². The zero-order chi connectivity index (χ0) is 16.2. The molecule has 118 valence electrons. The Kier molecular flexibility index (Phi) is 4.88. The molecule has 0 radical (unpaired) electrons. The summed E-state index contributed by atoms with van der Waals surface area (Å²) in [6.07, 6.45) is 0. The van der Waals surface area contributed by atoms with Crippen LogP contribution in [0, 0.1) is 0 Å². The molecular weight excluding hydrogens is 378 g/mol. The summed E-state index contributed by atoms with van der Waals surface area (Å²) < 4.78 is 11.8. The minimum atomic E-state index is 0.0634. The highest BCUT2D eigenvalue weighted by molar-refractivity contribution is 9.10. The first-order valence-corrected chi connectivity index (χ1v) is 8.59. The monoisotopic (exact) mass is 391 g/mol. The molecule has 0 saturated heterocycles. The van der Waals surface area contributed by atoms with Crippen molar-refractivity contribution in [1.29, 1.82) is 0 Å². The van der Waals surface area contributed by atoms with Gasteiger partial charge in [0.05, 0.1) is 12.7 Å². The summed E-state index contributed by atoms with van der Waals surface area (Å²) in [6, 6.07) is 13.9. The molecule has 0 bridgehead atoms. The Labute approximate surface area is 146 Å². The van der Waals surface area contributed by atoms with Gasteiger partial charge < -0.3 is 14.9 Å². The van der Waals surface area contributed by atoms with Crippen LogP contribution in [-0.4, -0.2) is 17.3 Å². The van der Waals surface area contributed by atoms with Crippen LogP contribution < -0.4 is 10.5 Å². The average molecular weight is 392 g/mol. The molecule has 0 unspecified atom stereocenters. The summed E-state index contributed by atoms with van der Waals surface area (Å²) >= 11 is 5.17. The molecule has 2 N–H and O–H groups in total. The number of nitrogens with two attached hydrogens (primary N) is 1. The van der Waals surface area contributed by atoms with Crippen LogP contribution >= 0.6 is 27.7 Å². The molecule has 2 aromatic carbocycles. The predicted octanol–water partition coefficient (Wildman–Crippen LogP) is 4.38. The summed E-state index contributed by atoms with van der Waals surface area (Å²) in [6.45, 7) is 0. The fourth-order valence-electron chi connectivity index (χ4n) is 2.13. The second-order valence-electron chi connectivity index (χ2n) is 4.69. The van der Waals surface area contributed by atoms with Crippen LogP contribution in [0.15, 0.2) is 56.2 Å². The number of nitrogen functional groups attached to an aromatic ring is 1. The Balaban J connectivity index is 1.86. The number of halogens is 1. The molecular formula is C16H14BrN3O2S. The Morgan fingerprint density at radius 3 is 2.78 bits per heavy atom. The van der Waals surface area contributed by atoms with Gasteiger partial charge >= 0.3 is 6.01 Å². The van der Waals surface area contributed by atoms with Crippen molar-refractivity contribution in [3.05, 3.63) is 52.5 Å². The van der Waals surface area contributed by atoms with Gasteiger partial charge in [0.25, 0.3) is 5.89 Å². The zero-order valence-electron chi connectivity index (χ0n) is 12.3. The van der Waals surface area contributed by atoms with Gasteiger partial charge in [-0.25, -0.2) is 0 Å². The quantitative estimate of drug-likeness (QED) is 0.650. The van der Waals surface area contributed by atoms with Crippen molar-refractivity contribution in [1.82, 2.24) is 10.2 Å². The summed E-state index contributed by atoms with van der Waals surface area (Å²) in [5.41, 5.74) is 7.49. The Hall–Kier alpha value is -1.99. The first-order chi connectivity index (χ1) is 11.2. The lowest BCUT2D eigenvalue weighted by Crippen LogP contribution is -1.91. The van der Waals surface area contributed by atoms with Crippen LogP contribution in [-0.2, 0) is 5.75 Å². The molecule has 0 amide bonds. The van der Waals surface area contributed by atoms with E-state index in [1.54, 1.807) is 18.9 Å². The van der Waals surface area contributed by atoms with Gasteiger partial charge in [-0.15, -0.1) is 16.9 Å². The molecule has 7 heteroatoms. The third-order valence-corrected chi connectivity index (χ3v) is 4.80. The van der Waals surface area contributed by atoms with Crippen LogP contribution in [0.5, 0.6) is 5.75 Å². The Morgan fingerprint density at radius 1 is 1.22 bits per heavy atom. The highest BCUT2D eigenvalue weighted by Crippen LogP contribution is 2.35. The number of aromatic nitrogens is 2. The van der Waals surface area contributed by atoms with Gasteiger partial charge in [0, 0.05) is 20.7 Å². The van der Waals surface area contributed by atoms with Crippen LogP contribution in [0.4, 0.5) is 6.01 Å². The molecule has 1 heterocycles. The van der Waals surface area contributed by atoms with Crippen molar-refractivity contribution in [3.63, 3.8) is 0 Å². The lowest BCUT2D eigenvalue weighted by molar-refractivity contribution is 0.411. The maximum Gasteiger partial charge on any atom is 0.313 e. The minimum Gasteiger partial charge on any atom is -0.496 e. The Morgan fingerprint density at radius 2 is 2.04 bits per heavy atom. The van der Waals surface area contributed by atoms with Gasteiger partial charge in [-0.2, -0.15) is 0 Å². The van der Waals surface area contributed by atoms with Crippen molar-refractivity contribution >= 4 is 33.7 Å². The van der Waals surface area contributed by atoms with E-state index in [1.165, 1.54) is 0 Å². The fraction of sp³-hybridized carbons (Fsp3) is 0.125. The molecule has 0 aliphatic rings. The third kappa shape index (κ3) is 3.68. The average Bonchev–Trinajstić information content (AvgIpc) is 2.99. The van der Waals surface area contributed by atoms with Crippen LogP contribution in [0.2, 0.25) is 0 Å². The predicted molar refractivity (Wildman–Crippen MR) is 94.4 cm³/mol. The van der Waals surface area contributed by atoms with E-state index < -0.39 is 0 Å². The first kappa shape index (κ1) is 15.9. The van der Waals surface area contributed by atoms with E-state index in [9.17, 15) is 0 Å². The minimum absolute atomic E-state index is 0.0634. The van der Waals surface area contributed by atoms with Crippen LogP contribution in [0.3, 0.4) is 0 Å². The lowest BCUT2D eigenvalue weighted by atomic mass is 10.2. The number of ether oxygens (including phenoxy) is 1. The van der Waals surface area contributed by atoms with Gasteiger partial charge in [0.1, 0.15) is 5.75 Å². The molecule has 1 aromatic heterocycles. The normalized spacial score (nSPS) is 10.7. The van der Waals surface area contributed by atoms with Crippen LogP contribution in [0.25, 0.3) is 11.5 Å². The van der Waals surface area contributed by atoms with Gasteiger partial charge in [-0.05, 0) is 30.3 Å². The highest BCUT2D eigenvalue weighted by atomic mass is 79.9. The van der Waals surface area contributed by atoms with Crippen molar-refractivity contribution in [2.45, 2.75) is 10.6 Å². The SMILES string of the molecule is COc1ccc(Br)cc1CSc1ccccc1-c1nnc(N)o1. The maximum atomic E-state index is 5.52. The van der Waals surface area contributed by atoms with Gasteiger partial charge in [0.15, 0.2) is 0 Å². The number of rotatable bonds is 5. The molecule has 3 rings (SSSR count). The van der Waals surface area contributed by atoms with Crippen molar-refractivity contribution in [2.75, 3.05) is 12.8 Å². The number of hydrogen-bond donors (Lipinski definition) is 1. The van der Waals surface area contributed by atoms with Crippen molar-refractivity contribution in [2.24, 2.45) is 0 Å². The fourth-order valence-corrected chi connectivity index (χ4v) is 3.56. The molecule has 0 aliphatic carbocycles. The molecule has 23 heavy (non-hydrogen) atoms. The summed E-state index contributed by atoms with van der Waals surface area (Å²) in [7, 11) is 1.67. The van der Waals surface area contributed by atoms with E-state index in [2.05, 4.69) is 32.2 Å². The molecule has 0 spiro atoms. The number of benzene rings is 2. The molecule has 0 saturated carbocycles. The third-order valence-electron chi connectivity index (χ3n) is 3.18. The lowest BCUT2D eigenvalue weighted by Gasteiger charge is -2.10. The molecule has 3 aromatic rings. The van der Waals surface area contributed by atoms with E-state index in [0.29, 0.717) is 5.89 Å². The first-order valence-electron chi connectivity index (χ1n) is 6.81. The summed E-state index contributed by atoms with van der Waals surface area (Å²) in [5.74, 6) is 2.04. The van der Waals surface area contributed by atoms with Crippen LogP contribution in [0.1, 0.15) is 5.56 Å². The number of nitrogens with zero attached hydrogens (tertiary/aromatic N) is 2. The van der Waals surface area contributed by atoms with E-state index in [0.717, 1.165) is 32.0 Å². The second kappa shape index (κ2) is 7.06. The standard InChI is InChI=1S/C16H14BrN3O2S/c1-21-13-7-6-11(17)8-10(13)9-23-14-5-3-2-4-12(14)15-19-20-16(18)22-15/h2-8H,9H2,1H3,(H2,18,20). The topological polar surface area (TPSA) is 74.2 Å². The van der Waals surface area contributed by atoms with E-state index in [4.69, 9.17) is 14.9 Å². The molecule has 0 atom stereocenters. The Bertz CT molecular complexity index is 823. The van der Waals surface area contributed by atoms with E-state index in [-0.39, 0.29) is 6.01 Å². The molecule has 0 fully saturated rings.